The Morgan fingerprint density at radius 1 is 1.03 bits per heavy atom. The number of carboxylic acid groups (broad SMARTS) is 1. The van der Waals surface area contributed by atoms with Gasteiger partial charge in [-0.05, 0) is 53.9 Å². The standard InChI is InChI=1S/C25H23N3O3/c1-16-4-7-18(25(29)30)11-22(16)19-10-20-14-27-24(12-23(20)26-13-19)28(2)15-17-5-8-21(31-3)9-6-17/h4-14H,15H2,1-3H3,(H,29,30). The molecule has 0 bridgehead atoms. The van der Waals surface area contributed by atoms with Crippen LogP contribution in [0, 0.1) is 6.92 Å². The molecule has 0 fully saturated rings. The van der Waals surface area contributed by atoms with Crippen LogP contribution in [-0.4, -0.2) is 35.2 Å². The van der Waals surface area contributed by atoms with Gasteiger partial charge in [-0.25, -0.2) is 9.78 Å². The highest BCUT2D eigenvalue weighted by atomic mass is 16.5. The summed E-state index contributed by atoms with van der Waals surface area (Å²) in [5.41, 5.74) is 4.97. The highest BCUT2D eigenvalue weighted by Gasteiger charge is 2.11. The Kier molecular flexibility index (Phi) is 5.54. The number of carbonyl (C=O) groups is 1. The minimum absolute atomic E-state index is 0.259. The van der Waals surface area contributed by atoms with E-state index in [1.54, 1.807) is 25.4 Å². The minimum atomic E-state index is -0.943. The monoisotopic (exact) mass is 413 g/mol. The minimum Gasteiger partial charge on any atom is -0.497 e. The van der Waals surface area contributed by atoms with E-state index in [1.807, 2.05) is 62.6 Å². The second-order valence-corrected chi connectivity index (χ2v) is 7.50. The Morgan fingerprint density at radius 3 is 2.52 bits per heavy atom. The van der Waals surface area contributed by atoms with Crippen molar-refractivity contribution >= 4 is 22.7 Å². The molecule has 0 unspecified atom stereocenters. The molecule has 4 aromatic rings. The molecule has 0 atom stereocenters. The van der Waals surface area contributed by atoms with Gasteiger partial charge in [0.25, 0.3) is 0 Å². The zero-order valence-corrected chi connectivity index (χ0v) is 17.7. The Hall–Kier alpha value is -3.93. The van der Waals surface area contributed by atoms with Crippen molar-refractivity contribution in [2.75, 3.05) is 19.1 Å². The van der Waals surface area contributed by atoms with Crippen LogP contribution in [0.2, 0.25) is 0 Å². The van der Waals surface area contributed by atoms with Crippen LogP contribution < -0.4 is 9.64 Å². The number of pyridine rings is 2. The number of methoxy groups -OCH3 is 1. The summed E-state index contributed by atoms with van der Waals surface area (Å²) in [5, 5.41) is 10.2. The van der Waals surface area contributed by atoms with Crippen LogP contribution in [0.4, 0.5) is 5.82 Å². The second kappa shape index (κ2) is 8.44. The van der Waals surface area contributed by atoms with Crippen molar-refractivity contribution in [3.8, 4) is 16.9 Å². The van der Waals surface area contributed by atoms with Gasteiger partial charge in [-0.2, -0.15) is 0 Å². The summed E-state index contributed by atoms with van der Waals surface area (Å²) < 4.78 is 5.21. The fourth-order valence-electron chi connectivity index (χ4n) is 3.52. The summed E-state index contributed by atoms with van der Waals surface area (Å²) >= 11 is 0. The van der Waals surface area contributed by atoms with Crippen LogP contribution in [0.1, 0.15) is 21.5 Å². The zero-order valence-electron chi connectivity index (χ0n) is 17.7. The molecule has 0 aliphatic heterocycles. The molecule has 6 nitrogen and oxygen atoms in total. The van der Waals surface area contributed by atoms with Crippen LogP contribution >= 0.6 is 0 Å². The Balaban J connectivity index is 1.61. The number of rotatable bonds is 6. The van der Waals surface area contributed by atoms with E-state index >= 15 is 0 Å². The topological polar surface area (TPSA) is 75.5 Å². The van der Waals surface area contributed by atoms with Crippen LogP contribution in [0.3, 0.4) is 0 Å². The Bertz CT molecular complexity index is 1250. The number of hydrogen-bond donors (Lipinski definition) is 1. The smallest absolute Gasteiger partial charge is 0.335 e. The lowest BCUT2D eigenvalue weighted by atomic mass is 9.98. The average molecular weight is 413 g/mol. The van der Waals surface area contributed by atoms with Gasteiger partial charge in [0.15, 0.2) is 0 Å². The van der Waals surface area contributed by atoms with Crippen molar-refractivity contribution in [3.05, 3.63) is 83.7 Å². The van der Waals surface area contributed by atoms with Crippen molar-refractivity contribution in [1.82, 2.24) is 9.97 Å². The Morgan fingerprint density at radius 2 is 1.81 bits per heavy atom. The van der Waals surface area contributed by atoms with E-state index in [2.05, 4.69) is 14.9 Å². The van der Waals surface area contributed by atoms with Crippen molar-refractivity contribution in [2.45, 2.75) is 13.5 Å². The maximum Gasteiger partial charge on any atom is 0.335 e. The molecule has 6 heteroatoms. The summed E-state index contributed by atoms with van der Waals surface area (Å²) in [5.74, 6) is 0.716. The maximum atomic E-state index is 11.3. The number of fused-ring (bicyclic) bond motifs is 1. The number of anilines is 1. The normalized spacial score (nSPS) is 10.8. The summed E-state index contributed by atoms with van der Waals surface area (Å²) in [4.78, 5) is 22.6. The predicted molar refractivity (Wildman–Crippen MR) is 122 cm³/mol. The number of aromatic nitrogens is 2. The predicted octanol–water partition coefficient (Wildman–Crippen LogP) is 4.95. The SMILES string of the molecule is COc1ccc(CN(C)c2cc3ncc(-c4cc(C(=O)O)ccc4C)cc3cn2)cc1. The number of ether oxygens (including phenoxy) is 1. The van der Waals surface area contributed by atoms with Crippen molar-refractivity contribution in [2.24, 2.45) is 0 Å². The fourth-order valence-corrected chi connectivity index (χ4v) is 3.52. The van der Waals surface area contributed by atoms with Gasteiger partial charge in [-0.3, -0.25) is 4.98 Å². The lowest BCUT2D eigenvalue weighted by Crippen LogP contribution is -2.17. The average Bonchev–Trinajstić information content (AvgIpc) is 2.79. The van der Waals surface area contributed by atoms with Crippen LogP contribution in [0.25, 0.3) is 22.0 Å². The molecule has 0 aliphatic rings. The van der Waals surface area contributed by atoms with Gasteiger partial charge < -0.3 is 14.7 Å². The molecular weight excluding hydrogens is 390 g/mol. The first-order chi connectivity index (χ1) is 14.9. The molecule has 0 amide bonds. The largest absolute Gasteiger partial charge is 0.497 e. The van der Waals surface area contributed by atoms with Crippen LogP contribution in [-0.2, 0) is 6.54 Å². The van der Waals surface area contributed by atoms with Gasteiger partial charge in [0.2, 0.25) is 0 Å². The van der Waals surface area contributed by atoms with Crippen LogP contribution in [0.5, 0.6) is 5.75 Å². The van der Waals surface area contributed by atoms with Gasteiger partial charge >= 0.3 is 5.97 Å². The van der Waals surface area contributed by atoms with E-state index < -0.39 is 5.97 Å². The highest BCUT2D eigenvalue weighted by molar-refractivity contribution is 5.91. The molecule has 156 valence electrons. The number of aromatic carboxylic acids is 1. The van der Waals surface area contributed by atoms with Crippen molar-refractivity contribution < 1.29 is 14.6 Å². The third-order valence-electron chi connectivity index (χ3n) is 5.32. The zero-order chi connectivity index (χ0) is 22.0. The summed E-state index contributed by atoms with van der Waals surface area (Å²) in [6.07, 6.45) is 3.59. The first kappa shape index (κ1) is 20.3. The molecule has 4 rings (SSSR count). The summed E-state index contributed by atoms with van der Waals surface area (Å²) in [6, 6.07) is 17.0. The molecule has 2 aromatic heterocycles. The molecule has 0 saturated carbocycles. The molecule has 2 aromatic carbocycles. The number of aryl methyl sites for hydroxylation is 1. The molecule has 0 aliphatic carbocycles. The van der Waals surface area contributed by atoms with E-state index in [1.165, 1.54) is 0 Å². The van der Waals surface area contributed by atoms with Crippen molar-refractivity contribution in [3.63, 3.8) is 0 Å². The van der Waals surface area contributed by atoms with Crippen molar-refractivity contribution in [1.29, 1.82) is 0 Å². The lowest BCUT2D eigenvalue weighted by molar-refractivity contribution is 0.0697. The second-order valence-electron chi connectivity index (χ2n) is 7.50. The van der Waals surface area contributed by atoms with E-state index in [4.69, 9.17) is 4.74 Å². The summed E-state index contributed by atoms with van der Waals surface area (Å²) in [6.45, 7) is 2.67. The number of nitrogens with zero attached hydrogens (tertiary/aromatic N) is 3. The van der Waals surface area contributed by atoms with Gasteiger partial charge in [-0.15, -0.1) is 0 Å². The van der Waals surface area contributed by atoms with Gasteiger partial charge in [0.1, 0.15) is 11.6 Å². The molecular formula is C25H23N3O3. The van der Waals surface area contributed by atoms with Crippen LogP contribution in [0.15, 0.2) is 67.0 Å². The third kappa shape index (κ3) is 4.33. The fraction of sp³-hybridized carbons (Fsp3) is 0.160. The first-order valence-corrected chi connectivity index (χ1v) is 9.89. The molecule has 2 heterocycles. The van der Waals surface area contributed by atoms with Gasteiger partial charge in [0, 0.05) is 43.0 Å². The summed E-state index contributed by atoms with van der Waals surface area (Å²) in [7, 11) is 3.65. The van der Waals surface area contributed by atoms with E-state index in [0.717, 1.165) is 44.7 Å². The van der Waals surface area contributed by atoms with Gasteiger partial charge in [0.05, 0.1) is 18.2 Å². The van der Waals surface area contributed by atoms with E-state index in [-0.39, 0.29) is 5.56 Å². The Labute approximate surface area is 180 Å². The molecule has 0 spiro atoms. The maximum absolute atomic E-state index is 11.3. The third-order valence-corrected chi connectivity index (χ3v) is 5.32. The molecule has 31 heavy (non-hydrogen) atoms. The van der Waals surface area contributed by atoms with E-state index in [0.29, 0.717) is 6.54 Å². The van der Waals surface area contributed by atoms with Gasteiger partial charge in [-0.1, -0.05) is 18.2 Å². The molecule has 0 radical (unpaired) electrons. The number of carboxylic acids is 1. The quantitative estimate of drug-likeness (QED) is 0.482. The highest BCUT2D eigenvalue weighted by Crippen LogP contribution is 2.28. The molecule has 0 saturated heterocycles. The molecule has 1 N–H and O–H groups in total. The number of benzene rings is 2. The number of hydrogen-bond acceptors (Lipinski definition) is 5. The van der Waals surface area contributed by atoms with E-state index in [9.17, 15) is 9.90 Å². The first-order valence-electron chi connectivity index (χ1n) is 9.89. The lowest BCUT2D eigenvalue weighted by Gasteiger charge is -2.19.